The van der Waals surface area contributed by atoms with Gasteiger partial charge in [-0.3, -0.25) is 4.57 Å². The highest BCUT2D eigenvalue weighted by Crippen LogP contribution is 2.24. The van der Waals surface area contributed by atoms with Gasteiger partial charge in [-0.25, -0.2) is 9.59 Å². The van der Waals surface area contributed by atoms with E-state index in [1.807, 2.05) is 0 Å². The van der Waals surface area contributed by atoms with E-state index in [4.69, 9.17) is 16.7 Å². The van der Waals surface area contributed by atoms with Crippen LogP contribution in [0, 0.1) is 0 Å². The van der Waals surface area contributed by atoms with Crippen molar-refractivity contribution in [2.24, 2.45) is 0 Å². The second-order valence-electron chi connectivity index (χ2n) is 5.24. The van der Waals surface area contributed by atoms with Crippen molar-refractivity contribution in [1.82, 2.24) is 14.3 Å². The summed E-state index contributed by atoms with van der Waals surface area (Å²) in [7, 11) is 0. The normalized spacial score (nSPS) is 14.3. The van der Waals surface area contributed by atoms with Gasteiger partial charge in [0.15, 0.2) is 18.0 Å². The van der Waals surface area contributed by atoms with Crippen LogP contribution in [0.4, 0.5) is 13.2 Å². The average molecular weight is 380 g/mol. The van der Waals surface area contributed by atoms with Gasteiger partial charge in [0.05, 0.1) is 6.54 Å². The van der Waals surface area contributed by atoms with E-state index in [0.717, 1.165) is 6.92 Å². The number of carboxylic acid groups (broad SMARTS) is 1. The van der Waals surface area contributed by atoms with Crippen LogP contribution in [0.5, 0.6) is 0 Å². The predicted octanol–water partition coefficient (Wildman–Crippen LogP) is 1.93. The van der Waals surface area contributed by atoms with Crippen molar-refractivity contribution in [1.29, 1.82) is 0 Å². The zero-order valence-corrected chi connectivity index (χ0v) is 13.5. The fourth-order valence-corrected chi connectivity index (χ4v) is 2.15. The number of aliphatic hydroxyl groups is 1. The molecule has 2 atom stereocenters. The first kappa shape index (κ1) is 19.0. The summed E-state index contributed by atoms with van der Waals surface area (Å²) in [5, 5.41) is 22.5. The van der Waals surface area contributed by atoms with Gasteiger partial charge in [-0.2, -0.15) is 17.9 Å². The second-order valence-corrected chi connectivity index (χ2v) is 5.68. The Kier molecular flexibility index (Phi) is 5.23. The number of halogens is 4. The molecule has 0 saturated carbocycles. The third-order valence-electron chi connectivity index (χ3n) is 3.45. The van der Waals surface area contributed by atoms with Gasteiger partial charge in [0.1, 0.15) is 0 Å². The quantitative estimate of drug-likeness (QED) is 0.827. The lowest BCUT2D eigenvalue weighted by atomic mass is 10.2. The first-order chi connectivity index (χ1) is 11.5. The average Bonchev–Trinajstić information content (AvgIpc) is 2.83. The van der Waals surface area contributed by atoms with Crippen molar-refractivity contribution in [2.45, 2.75) is 31.8 Å². The maximum atomic E-state index is 12.6. The molecule has 136 valence electrons. The van der Waals surface area contributed by atoms with Crippen LogP contribution >= 0.6 is 11.6 Å². The summed E-state index contributed by atoms with van der Waals surface area (Å²) in [5.74, 6) is -1.59. The Morgan fingerprint density at radius 3 is 2.36 bits per heavy atom. The predicted molar refractivity (Wildman–Crippen MR) is 81.3 cm³/mol. The van der Waals surface area contributed by atoms with Crippen LogP contribution in [0.3, 0.4) is 0 Å². The van der Waals surface area contributed by atoms with Crippen LogP contribution in [0.15, 0.2) is 29.1 Å². The lowest BCUT2D eigenvalue weighted by Crippen LogP contribution is -2.38. The van der Waals surface area contributed by atoms with Crippen molar-refractivity contribution < 1.29 is 28.2 Å². The standard InChI is InChI=1S/C14H13ClF3N3O4/c1-7(12(23)24)21-13(25)20(6-10(22)14(16,17)18)11(19-21)8-2-4-9(15)5-3-8/h2-5,7,10,22H,6H2,1H3,(H,23,24)/t7?,10-/m1/s1. The number of carbonyl (C=O) groups is 1. The van der Waals surface area contributed by atoms with Gasteiger partial charge in [0.25, 0.3) is 0 Å². The summed E-state index contributed by atoms with van der Waals surface area (Å²) < 4.78 is 39.1. The molecule has 25 heavy (non-hydrogen) atoms. The van der Waals surface area contributed by atoms with Crippen LogP contribution < -0.4 is 5.69 Å². The molecule has 0 aliphatic heterocycles. The molecule has 0 fully saturated rings. The van der Waals surface area contributed by atoms with Crippen molar-refractivity contribution in [3.05, 3.63) is 39.8 Å². The molecule has 0 amide bonds. The number of aromatic nitrogens is 3. The van der Waals surface area contributed by atoms with Crippen LogP contribution in [0.1, 0.15) is 13.0 Å². The highest BCUT2D eigenvalue weighted by Gasteiger charge is 2.39. The SMILES string of the molecule is CC(C(=O)O)n1nc(-c2ccc(Cl)cc2)n(C[C@@H](O)C(F)(F)F)c1=O. The number of rotatable bonds is 5. The molecule has 11 heteroatoms. The molecule has 0 spiro atoms. The Morgan fingerprint density at radius 2 is 1.88 bits per heavy atom. The Hall–Kier alpha value is -2.33. The van der Waals surface area contributed by atoms with E-state index in [9.17, 15) is 27.9 Å². The van der Waals surface area contributed by atoms with Crippen LogP contribution in [-0.2, 0) is 11.3 Å². The number of nitrogens with zero attached hydrogens (tertiary/aromatic N) is 3. The van der Waals surface area contributed by atoms with Crippen LogP contribution in [0.2, 0.25) is 5.02 Å². The van der Waals surface area contributed by atoms with E-state index in [1.54, 1.807) is 0 Å². The number of hydrogen-bond donors (Lipinski definition) is 2. The molecule has 1 aromatic heterocycles. The molecular formula is C14H13ClF3N3O4. The summed E-state index contributed by atoms with van der Waals surface area (Å²) in [6.45, 7) is 0.0412. The topological polar surface area (TPSA) is 97.3 Å². The molecule has 0 saturated heterocycles. The Balaban J connectivity index is 2.59. The largest absolute Gasteiger partial charge is 0.480 e. The summed E-state index contributed by atoms with van der Waals surface area (Å²) in [6, 6.07) is 4.30. The first-order valence-corrected chi connectivity index (χ1v) is 7.33. The molecule has 7 nitrogen and oxygen atoms in total. The van der Waals surface area contributed by atoms with Gasteiger partial charge in [0, 0.05) is 10.6 Å². The molecule has 0 bridgehead atoms. The maximum absolute atomic E-state index is 12.6. The Morgan fingerprint density at radius 1 is 1.32 bits per heavy atom. The summed E-state index contributed by atoms with van der Waals surface area (Å²) >= 11 is 5.75. The lowest BCUT2D eigenvalue weighted by Gasteiger charge is -2.15. The van der Waals surface area contributed by atoms with E-state index in [0.29, 0.717) is 14.3 Å². The van der Waals surface area contributed by atoms with Gasteiger partial charge in [-0.15, -0.1) is 5.10 Å². The molecule has 2 N–H and O–H groups in total. The highest BCUT2D eigenvalue weighted by atomic mass is 35.5. The third-order valence-corrected chi connectivity index (χ3v) is 3.70. The fraction of sp³-hybridized carbons (Fsp3) is 0.357. The zero-order chi connectivity index (χ0) is 18.9. The molecule has 2 aromatic rings. The smallest absolute Gasteiger partial charge is 0.416 e. The molecule has 0 aliphatic rings. The summed E-state index contributed by atoms with van der Waals surface area (Å²) in [6.07, 6.45) is -7.76. The van der Waals surface area contributed by atoms with Crippen LogP contribution in [0.25, 0.3) is 11.4 Å². The highest BCUT2D eigenvalue weighted by molar-refractivity contribution is 6.30. The second kappa shape index (κ2) is 6.89. The molecule has 1 aromatic carbocycles. The number of alkyl halides is 3. The number of aliphatic hydroxyl groups excluding tert-OH is 1. The van der Waals surface area contributed by atoms with E-state index in [2.05, 4.69) is 5.10 Å². The fourth-order valence-electron chi connectivity index (χ4n) is 2.02. The number of aliphatic carboxylic acids is 1. The van der Waals surface area contributed by atoms with Crippen molar-refractivity contribution in [2.75, 3.05) is 0 Å². The van der Waals surface area contributed by atoms with Crippen LogP contribution in [-0.4, -0.2) is 42.8 Å². The zero-order valence-electron chi connectivity index (χ0n) is 12.7. The molecule has 1 heterocycles. The molecule has 1 unspecified atom stereocenters. The van der Waals surface area contributed by atoms with E-state index >= 15 is 0 Å². The first-order valence-electron chi connectivity index (χ1n) is 6.95. The number of hydrogen-bond acceptors (Lipinski definition) is 4. The van der Waals surface area contributed by atoms with Gasteiger partial charge >= 0.3 is 17.8 Å². The van der Waals surface area contributed by atoms with Gasteiger partial charge < -0.3 is 10.2 Å². The van der Waals surface area contributed by atoms with Crippen molar-refractivity contribution in [3.8, 4) is 11.4 Å². The van der Waals surface area contributed by atoms with Gasteiger partial charge in [-0.1, -0.05) is 11.6 Å². The van der Waals surface area contributed by atoms with E-state index in [1.165, 1.54) is 24.3 Å². The van der Waals surface area contributed by atoms with E-state index in [-0.39, 0.29) is 11.4 Å². The Labute approximate surface area is 143 Å². The van der Waals surface area contributed by atoms with Crippen molar-refractivity contribution >= 4 is 17.6 Å². The summed E-state index contributed by atoms with van der Waals surface area (Å²) in [5.41, 5.74) is -0.838. The minimum absolute atomic E-state index is 0.210. The molecular weight excluding hydrogens is 367 g/mol. The maximum Gasteiger partial charge on any atom is 0.416 e. The van der Waals surface area contributed by atoms with E-state index < -0.39 is 36.5 Å². The van der Waals surface area contributed by atoms with Gasteiger partial charge in [-0.05, 0) is 31.2 Å². The van der Waals surface area contributed by atoms with Gasteiger partial charge in [0.2, 0.25) is 0 Å². The van der Waals surface area contributed by atoms with Crippen molar-refractivity contribution in [3.63, 3.8) is 0 Å². The number of carboxylic acids is 1. The lowest BCUT2D eigenvalue weighted by molar-refractivity contribution is -0.207. The monoisotopic (exact) mass is 379 g/mol. The summed E-state index contributed by atoms with van der Waals surface area (Å²) in [4.78, 5) is 23.4. The Bertz CT molecular complexity index is 829. The minimum atomic E-state index is -4.95. The number of benzene rings is 1. The third kappa shape index (κ3) is 4.02. The molecule has 0 radical (unpaired) electrons. The molecule has 2 rings (SSSR count). The minimum Gasteiger partial charge on any atom is -0.480 e. The molecule has 0 aliphatic carbocycles.